The van der Waals surface area contributed by atoms with Gasteiger partial charge in [-0.1, -0.05) is 6.07 Å². The molecule has 1 unspecified atom stereocenters. The highest BCUT2D eigenvalue weighted by molar-refractivity contribution is 5.95. The number of likely N-dealkylation sites (tertiary alicyclic amines) is 1. The van der Waals surface area contributed by atoms with Crippen LogP contribution < -0.4 is 11.1 Å². The minimum absolute atomic E-state index is 0.119. The lowest BCUT2D eigenvalue weighted by molar-refractivity contribution is 0.0206. The number of primary amides is 1. The van der Waals surface area contributed by atoms with Crippen molar-refractivity contribution in [2.75, 3.05) is 18.4 Å². The fourth-order valence-electron chi connectivity index (χ4n) is 2.87. The fraction of sp³-hybridized carbons (Fsp3) is 0.556. The molecule has 6 nitrogen and oxygen atoms in total. The third kappa shape index (κ3) is 4.63. The van der Waals surface area contributed by atoms with E-state index < -0.39 is 11.5 Å². The van der Waals surface area contributed by atoms with Crippen LogP contribution in [0.2, 0.25) is 0 Å². The molecule has 6 heteroatoms. The van der Waals surface area contributed by atoms with Gasteiger partial charge in [-0.2, -0.15) is 0 Å². The Kier molecular flexibility index (Phi) is 5.36. The van der Waals surface area contributed by atoms with Crippen molar-refractivity contribution < 1.29 is 14.3 Å². The summed E-state index contributed by atoms with van der Waals surface area (Å²) in [5.41, 5.74) is 7.13. The lowest BCUT2D eigenvalue weighted by Crippen LogP contribution is -2.47. The van der Waals surface area contributed by atoms with Crippen LogP contribution in [0.1, 0.15) is 49.5 Å². The standard InChI is InChI=1S/C18H27N3O3/c1-12-14(16(19)22)8-5-9-15(12)20-13-7-6-10-21(11-13)17(23)24-18(2,3)4/h5,8-9,13,20H,6-7,10-11H2,1-4H3,(H2,19,22). The van der Waals surface area contributed by atoms with E-state index in [1.54, 1.807) is 11.0 Å². The van der Waals surface area contributed by atoms with Crippen molar-refractivity contribution in [3.63, 3.8) is 0 Å². The highest BCUT2D eigenvalue weighted by Crippen LogP contribution is 2.23. The zero-order chi connectivity index (χ0) is 17.9. The molecular weight excluding hydrogens is 306 g/mol. The molecule has 2 rings (SSSR count). The van der Waals surface area contributed by atoms with Crippen molar-refractivity contribution >= 4 is 17.7 Å². The number of benzene rings is 1. The monoisotopic (exact) mass is 333 g/mol. The van der Waals surface area contributed by atoms with Crippen molar-refractivity contribution in [3.05, 3.63) is 29.3 Å². The lowest BCUT2D eigenvalue weighted by Gasteiger charge is -2.35. The van der Waals surface area contributed by atoms with Gasteiger partial charge in [0.2, 0.25) is 5.91 Å². The van der Waals surface area contributed by atoms with Gasteiger partial charge in [0.15, 0.2) is 0 Å². The summed E-state index contributed by atoms with van der Waals surface area (Å²) >= 11 is 0. The Hall–Kier alpha value is -2.24. The van der Waals surface area contributed by atoms with E-state index in [1.807, 2.05) is 39.8 Å². The van der Waals surface area contributed by atoms with Crippen LogP contribution in [-0.2, 0) is 4.74 Å². The number of rotatable bonds is 3. The molecule has 3 N–H and O–H groups in total. The molecule has 2 amide bonds. The maximum absolute atomic E-state index is 12.2. The van der Waals surface area contributed by atoms with Gasteiger partial charge in [-0.05, 0) is 58.2 Å². The molecule has 1 heterocycles. The van der Waals surface area contributed by atoms with Crippen molar-refractivity contribution in [3.8, 4) is 0 Å². The Labute approximate surface area is 143 Å². The maximum atomic E-state index is 12.2. The Balaban J connectivity index is 2.05. The SMILES string of the molecule is Cc1c(NC2CCCN(C(=O)OC(C)(C)C)C2)cccc1C(N)=O. The lowest BCUT2D eigenvalue weighted by atomic mass is 10.0. The zero-order valence-electron chi connectivity index (χ0n) is 14.9. The number of piperidine rings is 1. The predicted molar refractivity (Wildman–Crippen MR) is 94.1 cm³/mol. The Morgan fingerprint density at radius 3 is 2.67 bits per heavy atom. The number of anilines is 1. The molecule has 1 aromatic rings. The number of carbonyl (C=O) groups excluding carboxylic acids is 2. The van der Waals surface area contributed by atoms with Crippen LogP contribution in [-0.4, -0.2) is 41.6 Å². The third-order valence-corrected chi connectivity index (χ3v) is 4.03. The molecule has 0 aliphatic carbocycles. The van der Waals surface area contributed by atoms with Gasteiger partial charge in [0.25, 0.3) is 0 Å². The number of ether oxygens (including phenoxy) is 1. The topological polar surface area (TPSA) is 84.7 Å². The molecule has 1 atom stereocenters. The van der Waals surface area contributed by atoms with Crippen LogP contribution in [0.5, 0.6) is 0 Å². The van der Waals surface area contributed by atoms with Crippen LogP contribution in [0.4, 0.5) is 10.5 Å². The number of nitrogens with two attached hydrogens (primary N) is 1. The number of hydrogen-bond donors (Lipinski definition) is 2. The highest BCUT2D eigenvalue weighted by Gasteiger charge is 2.27. The molecule has 1 aromatic carbocycles. The first-order valence-electron chi connectivity index (χ1n) is 8.31. The minimum atomic E-state index is -0.496. The smallest absolute Gasteiger partial charge is 0.410 e. The highest BCUT2D eigenvalue weighted by atomic mass is 16.6. The zero-order valence-corrected chi connectivity index (χ0v) is 14.9. The van der Waals surface area contributed by atoms with Crippen LogP contribution >= 0.6 is 0 Å². The summed E-state index contributed by atoms with van der Waals surface area (Å²) < 4.78 is 5.45. The summed E-state index contributed by atoms with van der Waals surface area (Å²) in [7, 11) is 0. The molecule has 0 radical (unpaired) electrons. The molecule has 1 fully saturated rings. The third-order valence-electron chi connectivity index (χ3n) is 4.03. The van der Waals surface area contributed by atoms with E-state index in [0.29, 0.717) is 18.7 Å². The summed E-state index contributed by atoms with van der Waals surface area (Å²) in [5, 5.41) is 3.43. The Morgan fingerprint density at radius 1 is 1.33 bits per heavy atom. The second kappa shape index (κ2) is 7.11. The average Bonchev–Trinajstić information content (AvgIpc) is 2.47. The van der Waals surface area contributed by atoms with Gasteiger partial charge in [0.05, 0.1) is 0 Å². The summed E-state index contributed by atoms with van der Waals surface area (Å²) in [6, 6.07) is 5.57. The van der Waals surface area contributed by atoms with E-state index in [9.17, 15) is 9.59 Å². The summed E-state index contributed by atoms with van der Waals surface area (Å²) in [4.78, 5) is 25.4. The van der Waals surface area contributed by atoms with Crippen molar-refractivity contribution in [1.82, 2.24) is 4.90 Å². The number of hydrogen-bond acceptors (Lipinski definition) is 4. The van der Waals surface area contributed by atoms with E-state index in [-0.39, 0.29) is 12.1 Å². The van der Waals surface area contributed by atoms with Crippen molar-refractivity contribution in [1.29, 1.82) is 0 Å². The van der Waals surface area contributed by atoms with Gasteiger partial charge >= 0.3 is 6.09 Å². The molecule has 1 saturated heterocycles. The molecule has 0 aromatic heterocycles. The molecule has 24 heavy (non-hydrogen) atoms. The van der Waals surface area contributed by atoms with E-state index in [1.165, 1.54) is 0 Å². The molecule has 132 valence electrons. The molecule has 1 aliphatic heterocycles. The molecular formula is C18H27N3O3. The maximum Gasteiger partial charge on any atom is 0.410 e. The van der Waals surface area contributed by atoms with Gasteiger partial charge in [-0.25, -0.2) is 4.79 Å². The van der Waals surface area contributed by atoms with Gasteiger partial charge in [0, 0.05) is 30.4 Å². The number of nitrogens with one attached hydrogen (secondary N) is 1. The first kappa shape index (κ1) is 18.1. The summed E-state index contributed by atoms with van der Waals surface area (Å²) in [6.07, 6.45) is 1.59. The van der Waals surface area contributed by atoms with Gasteiger partial charge in [-0.3, -0.25) is 4.79 Å². The Morgan fingerprint density at radius 2 is 2.04 bits per heavy atom. The molecule has 0 spiro atoms. The molecule has 0 saturated carbocycles. The summed E-state index contributed by atoms with van der Waals surface area (Å²) in [6.45, 7) is 8.75. The van der Waals surface area contributed by atoms with Gasteiger partial charge in [-0.15, -0.1) is 0 Å². The molecule has 1 aliphatic rings. The van der Waals surface area contributed by atoms with Crippen molar-refractivity contribution in [2.45, 2.75) is 52.2 Å². The van der Waals surface area contributed by atoms with E-state index >= 15 is 0 Å². The van der Waals surface area contributed by atoms with Crippen LogP contribution in [0.25, 0.3) is 0 Å². The largest absolute Gasteiger partial charge is 0.444 e. The second-order valence-electron chi connectivity index (χ2n) is 7.25. The number of amides is 2. The van der Waals surface area contributed by atoms with Crippen LogP contribution in [0.15, 0.2) is 18.2 Å². The van der Waals surface area contributed by atoms with Gasteiger partial charge < -0.3 is 20.7 Å². The predicted octanol–water partition coefficient (Wildman–Crippen LogP) is 2.91. The molecule has 0 bridgehead atoms. The Bertz CT molecular complexity index is 622. The van der Waals surface area contributed by atoms with E-state index in [4.69, 9.17) is 10.5 Å². The van der Waals surface area contributed by atoms with Crippen LogP contribution in [0, 0.1) is 6.92 Å². The summed E-state index contributed by atoms with van der Waals surface area (Å²) in [5.74, 6) is -0.435. The van der Waals surface area contributed by atoms with E-state index in [2.05, 4.69) is 5.32 Å². The van der Waals surface area contributed by atoms with Crippen molar-refractivity contribution in [2.24, 2.45) is 5.73 Å². The number of carbonyl (C=O) groups is 2. The second-order valence-corrected chi connectivity index (χ2v) is 7.25. The van der Waals surface area contributed by atoms with E-state index in [0.717, 1.165) is 24.1 Å². The first-order valence-corrected chi connectivity index (χ1v) is 8.31. The first-order chi connectivity index (χ1) is 11.2. The quantitative estimate of drug-likeness (QED) is 0.891. The fourth-order valence-corrected chi connectivity index (χ4v) is 2.87. The van der Waals surface area contributed by atoms with Crippen LogP contribution in [0.3, 0.4) is 0 Å². The van der Waals surface area contributed by atoms with Gasteiger partial charge in [0.1, 0.15) is 5.60 Å². The average molecular weight is 333 g/mol. The normalized spacial score (nSPS) is 18.2. The minimum Gasteiger partial charge on any atom is -0.444 e. The number of nitrogens with zero attached hydrogens (tertiary/aromatic N) is 1.